The van der Waals surface area contributed by atoms with Crippen molar-refractivity contribution in [3.8, 4) is 0 Å². The minimum Gasteiger partial charge on any atom is -0.478 e. The van der Waals surface area contributed by atoms with E-state index in [1.54, 1.807) is 12.1 Å². The molecule has 1 unspecified atom stereocenters. The van der Waals surface area contributed by atoms with Gasteiger partial charge in [-0.1, -0.05) is 12.2 Å². The maximum Gasteiger partial charge on any atom is 0.335 e. The highest BCUT2D eigenvalue weighted by Crippen LogP contribution is 2.23. The lowest BCUT2D eigenvalue weighted by Gasteiger charge is -2.21. The first-order chi connectivity index (χ1) is 8.16. The number of hydrogen-bond donors (Lipinski definition) is 3. The van der Waals surface area contributed by atoms with Crippen LogP contribution in [0.4, 0.5) is 11.4 Å². The standard InChI is InChI=1S/C13H16N2O2/c14-11-8-9(13(16)17)6-7-12(11)15-10-4-2-1-3-5-10/h1-2,6-8,10,15H,3-5,14H2,(H,16,17). The lowest BCUT2D eigenvalue weighted by atomic mass is 10.0. The summed E-state index contributed by atoms with van der Waals surface area (Å²) < 4.78 is 0. The van der Waals surface area contributed by atoms with Crippen molar-refractivity contribution >= 4 is 17.3 Å². The average molecular weight is 232 g/mol. The monoisotopic (exact) mass is 232 g/mol. The van der Waals surface area contributed by atoms with Gasteiger partial charge in [-0.05, 0) is 37.5 Å². The second-order valence-electron chi connectivity index (χ2n) is 4.23. The predicted molar refractivity (Wildman–Crippen MR) is 68.2 cm³/mol. The number of aromatic carboxylic acids is 1. The molecule has 1 aliphatic carbocycles. The normalized spacial score (nSPS) is 18.9. The molecule has 0 saturated carbocycles. The summed E-state index contributed by atoms with van der Waals surface area (Å²) in [5, 5.41) is 12.2. The minimum atomic E-state index is -0.955. The van der Waals surface area contributed by atoms with Crippen LogP contribution in [0.3, 0.4) is 0 Å². The van der Waals surface area contributed by atoms with Gasteiger partial charge in [0.25, 0.3) is 0 Å². The van der Waals surface area contributed by atoms with Crippen molar-refractivity contribution in [2.45, 2.75) is 25.3 Å². The maximum absolute atomic E-state index is 10.8. The molecule has 4 nitrogen and oxygen atoms in total. The van der Waals surface area contributed by atoms with Crippen molar-refractivity contribution in [3.63, 3.8) is 0 Å². The van der Waals surface area contributed by atoms with E-state index in [2.05, 4.69) is 17.5 Å². The van der Waals surface area contributed by atoms with Crippen LogP contribution in [-0.2, 0) is 0 Å². The van der Waals surface area contributed by atoms with Crippen LogP contribution in [0, 0.1) is 0 Å². The van der Waals surface area contributed by atoms with Crippen molar-refractivity contribution < 1.29 is 9.90 Å². The number of rotatable bonds is 3. The lowest BCUT2D eigenvalue weighted by molar-refractivity contribution is 0.0697. The van der Waals surface area contributed by atoms with Crippen molar-refractivity contribution in [1.82, 2.24) is 0 Å². The molecule has 0 bridgehead atoms. The zero-order valence-corrected chi connectivity index (χ0v) is 9.52. The SMILES string of the molecule is Nc1cc(C(=O)O)ccc1NC1CC=CCC1. The van der Waals surface area contributed by atoms with Gasteiger partial charge in [0, 0.05) is 6.04 Å². The van der Waals surface area contributed by atoms with Crippen molar-refractivity contribution in [2.24, 2.45) is 0 Å². The Bertz CT molecular complexity index is 455. The Morgan fingerprint density at radius 1 is 1.41 bits per heavy atom. The molecule has 0 spiro atoms. The van der Waals surface area contributed by atoms with Crippen LogP contribution in [0.2, 0.25) is 0 Å². The van der Waals surface area contributed by atoms with Crippen LogP contribution in [0.5, 0.6) is 0 Å². The second kappa shape index (κ2) is 4.91. The number of nitrogens with two attached hydrogens (primary N) is 1. The third kappa shape index (κ3) is 2.78. The van der Waals surface area contributed by atoms with Crippen LogP contribution in [0.1, 0.15) is 29.6 Å². The summed E-state index contributed by atoms with van der Waals surface area (Å²) in [5.41, 5.74) is 7.35. The number of carboxylic acid groups (broad SMARTS) is 1. The van der Waals surface area contributed by atoms with E-state index < -0.39 is 5.97 Å². The van der Waals surface area contributed by atoms with Gasteiger partial charge in [0.1, 0.15) is 0 Å². The van der Waals surface area contributed by atoms with Gasteiger partial charge in [-0.3, -0.25) is 0 Å². The van der Waals surface area contributed by atoms with Crippen LogP contribution in [0.25, 0.3) is 0 Å². The molecular formula is C13H16N2O2. The van der Waals surface area contributed by atoms with E-state index in [4.69, 9.17) is 10.8 Å². The fourth-order valence-electron chi connectivity index (χ4n) is 1.97. The number of nitrogens with one attached hydrogen (secondary N) is 1. The highest BCUT2D eigenvalue weighted by molar-refractivity contribution is 5.90. The number of benzene rings is 1. The summed E-state index contributed by atoms with van der Waals surface area (Å²) in [4.78, 5) is 10.8. The molecule has 0 saturated heterocycles. The van der Waals surface area contributed by atoms with E-state index in [9.17, 15) is 4.79 Å². The van der Waals surface area contributed by atoms with Gasteiger partial charge < -0.3 is 16.2 Å². The Labute approximate surface area is 100 Å². The van der Waals surface area contributed by atoms with Crippen molar-refractivity contribution in [1.29, 1.82) is 0 Å². The lowest BCUT2D eigenvalue weighted by Crippen LogP contribution is -2.21. The van der Waals surface area contributed by atoms with Gasteiger partial charge >= 0.3 is 5.97 Å². The third-order valence-corrected chi connectivity index (χ3v) is 2.93. The first-order valence-electron chi connectivity index (χ1n) is 5.71. The van der Waals surface area contributed by atoms with Gasteiger partial charge in [-0.15, -0.1) is 0 Å². The minimum absolute atomic E-state index is 0.219. The van der Waals surface area contributed by atoms with E-state index >= 15 is 0 Å². The maximum atomic E-state index is 10.8. The van der Waals surface area contributed by atoms with Gasteiger partial charge in [-0.25, -0.2) is 4.79 Å². The summed E-state index contributed by atoms with van der Waals surface area (Å²) in [6.07, 6.45) is 7.47. The largest absolute Gasteiger partial charge is 0.478 e. The fraction of sp³-hybridized carbons (Fsp3) is 0.308. The molecule has 0 fully saturated rings. The number of nitrogen functional groups attached to an aromatic ring is 1. The van der Waals surface area contributed by atoms with Gasteiger partial charge in [0.05, 0.1) is 16.9 Å². The molecule has 17 heavy (non-hydrogen) atoms. The molecule has 0 radical (unpaired) electrons. The van der Waals surface area contributed by atoms with E-state index in [1.165, 1.54) is 6.07 Å². The molecule has 2 rings (SSSR count). The molecule has 4 N–H and O–H groups in total. The first-order valence-corrected chi connectivity index (χ1v) is 5.71. The second-order valence-corrected chi connectivity index (χ2v) is 4.23. The van der Waals surface area contributed by atoms with Crippen molar-refractivity contribution in [3.05, 3.63) is 35.9 Å². The summed E-state index contributed by atoms with van der Waals surface area (Å²) >= 11 is 0. The summed E-state index contributed by atoms with van der Waals surface area (Å²) in [5.74, 6) is -0.955. The van der Waals surface area contributed by atoms with Gasteiger partial charge in [0.2, 0.25) is 0 Å². The molecule has 0 amide bonds. The number of anilines is 2. The average Bonchev–Trinajstić information content (AvgIpc) is 2.33. The Morgan fingerprint density at radius 2 is 2.24 bits per heavy atom. The number of allylic oxidation sites excluding steroid dienone is 1. The van der Waals surface area contributed by atoms with Crippen LogP contribution in [-0.4, -0.2) is 17.1 Å². The Kier molecular flexibility index (Phi) is 3.32. The highest BCUT2D eigenvalue weighted by atomic mass is 16.4. The topological polar surface area (TPSA) is 75.4 Å². The van der Waals surface area contributed by atoms with Crippen LogP contribution in [0.15, 0.2) is 30.4 Å². The first kappa shape index (κ1) is 11.5. The van der Waals surface area contributed by atoms with Gasteiger partial charge in [-0.2, -0.15) is 0 Å². The molecule has 1 aromatic carbocycles. The molecule has 4 heteroatoms. The van der Waals surface area contributed by atoms with E-state index in [1.807, 2.05) is 0 Å². The number of carbonyl (C=O) groups is 1. The molecule has 90 valence electrons. The third-order valence-electron chi connectivity index (χ3n) is 2.93. The Balaban J connectivity index is 2.11. The highest BCUT2D eigenvalue weighted by Gasteiger charge is 2.12. The van der Waals surface area contributed by atoms with Crippen LogP contribution < -0.4 is 11.1 Å². The molecule has 1 aromatic rings. The Morgan fingerprint density at radius 3 is 2.82 bits per heavy atom. The van der Waals surface area contributed by atoms with E-state index in [0.717, 1.165) is 24.9 Å². The van der Waals surface area contributed by atoms with E-state index in [0.29, 0.717) is 11.7 Å². The summed E-state index contributed by atoms with van der Waals surface area (Å²) in [6, 6.07) is 5.18. The molecule has 0 heterocycles. The zero-order chi connectivity index (χ0) is 12.3. The smallest absolute Gasteiger partial charge is 0.335 e. The van der Waals surface area contributed by atoms with Crippen LogP contribution >= 0.6 is 0 Å². The predicted octanol–water partition coefficient (Wildman–Crippen LogP) is 2.49. The molecule has 0 aliphatic heterocycles. The molecule has 0 aromatic heterocycles. The number of hydrogen-bond acceptors (Lipinski definition) is 3. The fourth-order valence-corrected chi connectivity index (χ4v) is 1.97. The van der Waals surface area contributed by atoms with E-state index in [-0.39, 0.29) is 5.56 Å². The summed E-state index contributed by atoms with van der Waals surface area (Å²) in [7, 11) is 0. The quantitative estimate of drug-likeness (QED) is 0.553. The van der Waals surface area contributed by atoms with Crippen molar-refractivity contribution in [2.75, 3.05) is 11.1 Å². The number of carboxylic acids is 1. The molecular weight excluding hydrogens is 216 g/mol. The zero-order valence-electron chi connectivity index (χ0n) is 9.52. The molecule has 1 atom stereocenters. The Hall–Kier alpha value is -1.97. The summed E-state index contributed by atoms with van der Waals surface area (Å²) in [6.45, 7) is 0. The molecule has 1 aliphatic rings. The van der Waals surface area contributed by atoms with Gasteiger partial charge in [0.15, 0.2) is 0 Å².